The maximum absolute atomic E-state index is 12.4. The highest BCUT2D eigenvalue weighted by Crippen LogP contribution is 2.55. The van der Waals surface area contributed by atoms with Crippen LogP contribution >= 0.6 is 0 Å². The molecule has 0 bridgehead atoms. The number of carbonyl (C=O) groups excluding carboxylic acids is 2. The van der Waals surface area contributed by atoms with E-state index in [1.165, 1.54) is 35.5 Å². The smallest absolute Gasteiger partial charge is 0.460 e. The molecule has 0 radical (unpaired) electrons. The number of rotatable bonds is 14. The number of fused-ring (bicyclic) bond motifs is 2. The Labute approximate surface area is 356 Å². The summed E-state index contributed by atoms with van der Waals surface area (Å²) in [7, 11) is -14.8. The fourth-order valence-electron chi connectivity index (χ4n) is 5.62. The zero-order valence-electron chi connectivity index (χ0n) is 31.8. The fraction of sp³-hybridized carbons (Fsp3) is 0.688. The SMILES string of the molecule is CC(CCOC(=O)C[S+]1CCCC2C=CC=C21)OC(=O)C[S+]1CCCC2C=CC=C21.O=S(=O)([O-])C(F)(F)C(F)(F)C(F)(F)C(F)(F)F.O=S(=O)([O-])C(F)(F)C(F)(F)C(F)(F)C(F)(F)F. The molecule has 2 aliphatic carbocycles. The largest absolute Gasteiger partial charge is 0.743 e. The van der Waals surface area contributed by atoms with Crippen molar-refractivity contribution in [1.29, 1.82) is 0 Å². The van der Waals surface area contributed by atoms with E-state index in [0.29, 0.717) is 36.4 Å². The lowest BCUT2D eigenvalue weighted by atomic mass is 10.1. The van der Waals surface area contributed by atoms with Crippen LogP contribution in [0, 0.1) is 11.8 Å². The van der Waals surface area contributed by atoms with Crippen molar-refractivity contribution in [3.63, 3.8) is 0 Å². The predicted octanol–water partition coefficient (Wildman–Crippen LogP) is 7.73. The van der Waals surface area contributed by atoms with Crippen LogP contribution in [0.25, 0.3) is 0 Å². The maximum Gasteiger partial charge on any atom is 0.460 e. The number of halogens is 18. The summed E-state index contributed by atoms with van der Waals surface area (Å²) >= 11 is 0. The van der Waals surface area contributed by atoms with Crippen molar-refractivity contribution < 1.29 is 124 Å². The van der Waals surface area contributed by atoms with Gasteiger partial charge in [0.25, 0.3) is 0 Å². The van der Waals surface area contributed by atoms with E-state index in [0.717, 1.165) is 11.5 Å². The lowest BCUT2D eigenvalue weighted by molar-refractivity contribution is -0.382. The van der Waals surface area contributed by atoms with Crippen LogP contribution in [0.5, 0.6) is 0 Å². The molecular weight excluding hydrogens is 1010 g/mol. The van der Waals surface area contributed by atoms with Crippen molar-refractivity contribution in [2.75, 3.05) is 29.6 Å². The van der Waals surface area contributed by atoms with E-state index in [2.05, 4.69) is 36.5 Å². The second kappa shape index (κ2) is 20.2. The standard InChI is InChI=1S/C24H32O4S2.2C4HF9O3S/c1-18(28-24(26)17-30-15-5-9-20-7-3-11-22(20)30)12-13-27-23(25)16-29-14-4-8-19-6-2-10-21(19)29;2*5-1(6,3(9,10)11)2(7,8)4(12,13)17(14,15)16/h2-3,6-7,10-11,18-20H,4-5,8-9,12-17H2,1H3;2*(H,14,15,16)/q+2;;/p-2. The molecule has 64 heavy (non-hydrogen) atoms. The van der Waals surface area contributed by atoms with Gasteiger partial charge in [-0.1, -0.05) is 24.3 Å². The Kier molecular flexibility index (Phi) is 18.1. The summed E-state index contributed by atoms with van der Waals surface area (Å²) in [4.78, 5) is 27.5. The Bertz CT molecular complexity index is 1950. The zero-order valence-corrected chi connectivity index (χ0v) is 35.1. The molecule has 4 rings (SSSR count). The summed E-state index contributed by atoms with van der Waals surface area (Å²) < 4.78 is 282. The molecule has 2 fully saturated rings. The molecule has 4 aliphatic rings. The Balaban J connectivity index is 0.000000358. The molecule has 0 aromatic heterocycles. The Hall–Kier alpha value is -2.84. The molecule has 0 amide bonds. The van der Waals surface area contributed by atoms with Gasteiger partial charge in [-0.05, 0) is 44.8 Å². The first-order valence-corrected chi connectivity index (χ1v) is 23.3. The van der Waals surface area contributed by atoms with Crippen LogP contribution in [0.1, 0.15) is 39.0 Å². The monoisotopic (exact) mass is 1050 g/mol. The quantitative estimate of drug-likeness (QED) is 0.0727. The summed E-state index contributed by atoms with van der Waals surface area (Å²) in [5.41, 5.74) is 0. The predicted molar refractivity (Wildman–Crippen MR) is 186 cm³/mol. The number of hydrogen-bond donors (Lipinski definition) is 0. The van der Waals surface area contributed by atoms with E-state index in [-0.39, 0.29) is 39.8 Å². The molecule has 370 valence electrons. The van der Waals surface area contributed by atoms with Crippen molar-refractivity contribution in [3.8, 4) is 0 Å². The van der Waals surface area contributed by atoms with E-state index >= 15 is 0 Å². The lowest BCUT2D eigenvalue weighted by Gasteiger charge is -2.34. The van der Waals surface area contributed by atoms with Gasteiger partial charge in [-0.3, -0.25) is 0 Å². The minimum atomic E-state index is -7.43. The molecule has 0 N–H and O–H groups in total. The lowest BCUT2D eigenvalue weighted by Crippen LogP contribution is -2.63. The molecule has 10 nitrogen and oxygen atoms in total. The molecule has 2 aliphatic heterocycles. The van der Waals surface area contributed by atoms with Gasteiger partial charge in [0, 0.05) is 40.0 Å². The first-order valence-electron chi connectivity index (χ1n) is 17.4. The molecule has 0 aromatic rings. The van der Waals surface area contributed by atoms with Crippen LogP contribution in [-0.2, 0) is 61.1 Å². The molecule has 2 saturated heterocycles. The van der Waals surface area contributed by atoms with Crippen LogP contribution in [-0.4, -0.2) is 120 Å². The van der Waals surface area contributed by atoms with Crippen molar-refractivity contribution in [2.45, 2.75) is 91.7 Å². The summed E-state index contributed by atoms with van der Waals surface area (Å²) in [6, 6.07) is 0. The molecule has 0 spiro atoms. The second-order valence-electron chi connectivity index (χ2n) is 13.6. The van der Waals surface area contributed by atoms with Crippen molar-refractivity contribution in [1.82, 2.24) is 0 Å². The van der Waals surface area contributed by atoms with Gasteiger partial charge in [0.2, 0.25) is 11.5 Å². The highest BCUT2D eigenvalue weighted by Gasteiger charge is 2.85. The zero-order chi connectivity index (χ0) is 49.9. The van der Waals surface area contributed by atoms with E-state index in [1.807, 2.05) is 6.92 Å². The molecule has 32 heteroatoms. The van der Waals surface area contributed by atoms with Gasteiger partial charge in [0.15, 0.2) is 20.2 Å². The number of hydrogen-bond acceptors (Lipinski definition) is 10. The minimum Gasteiger partial charge on any atom is -0.743 e. The average molecular weight is 1050 g/mol. The number of esters is 2. The van der Waals surface area contributed by atoms with Crippen LogP contribution < -0.4 is 0 Å². The summed E-state index contributed by atoms with van der Waals surface area (Å²) in [6.07, 6.45) is 3.93. The van der Waals surface area contributed by atoms with Crippen LogP contribution in [0.2, 0.25) is 0 Å². The number of alkyl halides is 18. The third kappa shape index (κ3) is 12.4. The summed E-state index contributed by atoms with van der Waals surface area (Å²) in [5, 5.41) is -14.2. The normalized spacial score (nSPS) is 22.7. The van der Waals surface area contributed by atoms with E-state index < -0.39 is 66.8 Å². The fourth-order valence-corrected chi connectivity index (χ4v) is 11.1. The number of allylic oxidation sites excluding steroid dienone is 8. The topological polar surface area (TPSA) is 167 Å². The Morgan fingerprint density at radius 1 is 0.625 bits per heavy atom. The van der Waals surface area contributed by atoms with Gasteiger partial charge in [-0.15, -0.1) is 0 Å². The number of ether oxygens (including phenoxy) is 2. The third-order valence-electron chi connectivity index (χ3n) is 8.98. The highest BCUT2D eigenvalue weighted by atomic mass is 32.2. The van der Waals surface area contributed by atoms with E-state index in [9.17, 15) is 115 Å². The van der Waals surface area contributed by atoms with Gasteiger partial charge in [0.1, 0.15) is 27.4 Å². The highest BCUT2D eigenvalue weighted by molar-refractivity contribution is 8.01. The summed E-state index contributed by atoms with van der Waals surface area (Å²) in [5.74, 6) is -25.6. The van der Waals surface area contributed by atoms with E-state index in [1.54, 1.807) is 0 Å². The van der Waals surface area contributed by atoms with Gasteiger partial charge in [-0.25, -0.2) is 26.4 Å². The van der Waals surface area contributed by atoms with Crippen LogP contribution in [0.3, 0.4) is 0 Å². The Morgan fingerprint density at radius 3 is 1.30 bits per heavy atom. The molecule has 0 aromatic carbocycles. The molecule has 5 unspecified atom stereocenters. The first kappa shape index (κ1) is 57.3. The minimum absolute atomic E-state index is 0.0128. The third-order valence-corrected chi connectivity index (χ3v) is 15.7. The van der Waals surface area contributed by atoms with Crippen LogP contribution in [0.15, 0.2) is 46.3 Å². The second-order valence-corrected chi connectivity index (χ2v) is 20.8. The van der Waals surface area contributed by atoms with Gasteiger partial charge >= 0.3 is 58.5 Å². The molecule has 2 heterocycles. The van der Waals surface area contributed by atoms with Crippen molar-refractivity contribution in [2.24, 2.45) is 11.8 Å². The van der Waals surface area contributed by atoms with Gasteiger partial charge < -0.3 is 18.6 Å². The molecule has 0 saturated carbocycles. The van der Waals surface area contributed by atoms with Crippen LogP contribution in [0.4, 0.5) is 79.0 Å². The van der Waals surface area contributed by atoms with E-state index in [4.69, 9.17) is 9.47 Å². The first-order chi connectivity index (χ1) is 28.6. The average Bonchev–Trinajstić information content (AvgIpc) is 3.81. The maximum atomic E-state index is 12.4. The molecular formula is C32H32F18O10S4. The molecule has 5 atom stereocenters. The van der Waals surface area contributed by atoms with Crippen molar-refractivity contribution >= 4 is 54.0 Å². The Morgan fingerprint density at radius 2 is 0.969 bits per heavy atom. The summed E-state index contributed by atoms with van der Waals surface area (Å²) in [6.45, 7) is 2.20. The van der Waals surface area contributed by atoms with Gasteiger partial charge in [-0.2, -0.15) is 79.0 Å². The number of carbonyl (C=O) groups is 2. The van der Waals surface area contributed by atoms with Crippen molar-refractivity contribution in [3.05, 3.63) is 46.3 Å². The van der Waals surface area contributed by atoms with Gasteiger partial charge in [0.05, 0.1) is 6.61 Å².